The highest BCUT2D eigenvalue weighted by atomic mass is 14.9. The number of nitrogens with one attached hydrogen (secondary N) is 1. The summed E-state index contributed by atoms with van der Waals surface area (Å²) in [6.45, 7) is 5.38. The van der Waals surface area contributed by atoms with Crippen LogP contribution in [0.3, 0.4) is 0 Å². The molecule has 1 heteroatoms. The maximum absolute atomic E-state index is 3.59. The molecule has 2 aromatic carbocycles. The number of fused-ring (bicyclic) bond motifs is 1. The van der Waals surface area contributed by atoms with E-state index in [-0.39, 0.29) is 0 Å². The van der Waals surface area contributed by atoms with Crippen molar-refractivity contribution in [3.05, 3.63) is 59.2 Å². The highest BCUT2D eigenvalue weighted by Gasteiger charge is 2.23. The van der Waals surface area contributed by atoms with E-state index in [9.17, 15) is 0 Å². The summed E-state index contributed by atoms with van der Waals surface area (Å²) in [7, 11) is 0. The van der Waals surface area contributed by atoms with Gasteiger partial charge in [0.05, 0.1) is 0 Å². The third kappa shape index (κ3) is 2.31. The van der Waals surface area contributed by atoms with Crippen molar-refractivity contribution in [1.82, 2.24) is 5.32 Å². The summed E-state index contributed by atoms with van der Waals surface area (Å²) in [6, 6.07) is 16.1. The Morgan fingerprint density at radius 1 is 1.16 bits per heavy atom. The summed E-state index contributed by atoms with van der Waals surface area (Å²) >= 11 is 0. The molecule has 1 N–H and O–H groups in total. The van der Waals surface area contributed by atoms with Gasteiger partial charge < -0.3 is 5.32 Å². The van der Waals surface area contributed by atoms with E-state index in [1.807, 2.05) is 0 Å². The third-order valence-electron chi connectivity index (χ3n) is 4.05. The summed E-state index contributed by atoms with van der Waals surface area (Å²) < 4.78 is 0. The summed E-state index contributed by atoms with van der Waals surface area (Å²) in [6.07, 6.45) is 2.42. The van der Waals surface area contributed by atoms with Crippen molar-refractivity contribution in [2.24, 2.45) is 0 Å². The zero-order valence-electron chi connectivity index (χ0n) is 11.7. The molecular weight excluding hydrogens is 230 g/mol. The fourth-order valence-electron chi connectivity index (χ4n) is 3.20. The van der Waals surface area contributed by atoms with Gasteiger partial charge in [-0.2, -0.15) is 0 Å². The van der Waals surface area contributed by atoms with Crippen LogP contribution in [0.2, 0.25) is 0 Å². The van der Waals surface area contributed by atoms with Crippen LogP contribution in [0.25, 0.3) is 11.1 Å². The van der Waals surface area contributed by atoms with Crippen LogP contribution in [0.4, 0.5) is 0 Å². The van der Waals surface area contributed by atoms with Crippen LogP contribution in [0.1, 0.15) is 36.1 Å². The van der Waals surface area contributed by atoms with Crippen molar-refractivity contribution in [2.75, 3.05) is 6.54 Å². The number of hydrogen-bond donors (Lipinski definition) is 1. The van der Waals surface area contributed by atoms with Gasteiger partial charge in [-0.1, -0.05) is 55.0 Å². The maximum atomic E-state index is 3.59. The van der Waals surface area contributed by atoms with Gasteiger partial charge in [0, 0.05) is 6.04 Å². The first-order valence-electron chi connectivity index (χ1n) is 7.22. The van der Waals surface area contributed by atoms with Gasteiger partial charge in [-0.3, -0.25) is 0 Å². The fourth-order valence-corrected chi connectivity index (χ4v) is 3.20. The lowest BCUT2D eigenvalue weighted by atomic mass is 9.95. The molecule has 0 saturated heterocycles. The van der Waals surface area contributed by atoms with Gasteiger partial charge in [-0.15, -0.1) is 0 Å². The van der Waals surface area contributed by atoms with E-state index >= 15 is 0 Å². The molecule has 0 aromatic heterocycles. The maximum Gasteiger partial charge on any atom is 0.0326 e. The first-order chi connectivity index (χ1) is 9.29. The molecule has 2 aromatic rings. The number of benzene rings is 2. The van der Waals surface area contributed by atoms with Crippen LogP contribution < -0.4 is 5.32 Å². The Hall–Kier alpha value is -1.60. The lowest BCUT2D eigenvalue weighted by Gasteiger charge is -2.14. The summed E-state index contributed by atoms with van der Waals surface area (Å²) in [5.74, 6) is 0. The summed E-state index contributed by atoms with van der Waals surface area (Å²) in [4.78, 5) is 0. The Labute approximate surface area is 115 Å². The van der Waals surface area contributed by atoms with Crippen LogP contribution in [-0.2, 0) is 6.42 Å². The SMILES string of the molecule is CCNC1CCc2c(-c3cccc(C)c3)cccc21. The molecule has 3 rings (SSSR count). The molecular formula is C18H21N. The molecule has 0 amide bonds. The summed E-state index contributed by atoms with van der Waals surface area (Å²) in [5.41, 5.74) is 7.15. The van der Waals surface area contributed by atoms with Gasteiger partial charge in [0.25, 0.3) is 0 Å². The Kier molecular flexibility index (Phi) is 3.39. The first-order valence-corrected chi connectivity index (χ1v) is 7.22. The molecule has 19 heavy (non-hydrogen) atoms. The van der Waals surface area contributed by atoms with Crippen molar-refractivity contribution in [2.45, 2.75) is 32.7 Å². The molecule has 1 atom stereocenters. The number of aryl methyl sites for hydroxylation is 1. The van der Waals surface area contributed by atoms with E-state index in [0.717, 1.165) is 6.54 Å². The molecule has 1 nitrogen and oxygen atoms in total. The normalized spacial score (nSPS) is 17.5. The molecule has 0 fully saturated rings. The van der Waals surface area contributed by atoms with Gasteiger partial charge in [-0.25, -0.2) is 0 Å². The van der Waals surface area contributed by atoms with Crippen LogP contribution in [-0.4, -0.2) is 6.54 Å². The Morgan fingerprint density at radius 3 is 2.79 bits per heavy atom. The monoisotopic (exact) mass is 251 g/mol. The molecule has 1 aliphatic rings. The van der Waals surface area contributed by atoms with Gasteiger partial charge in [0.15, 0.2) is 0 Å². The van der Waals surface area contributed by atoms with E-state index in [1.54, 1.807) is 5.56 Å². The summed E-state index contributed by atoms with van der Waals surface area (Å²) in [5, 5.41) is 3.59. The molecule has 0 bridgehead atoms. The first kappa shape index (κ1) is 12.4. The average molecular weight is 251 g/mol. The molecule has 1 aliphatic carbocycles. The average Bonchev–Trinajstić information content (AvgIpc) is 2.83. The number of rotatable bonds is 3. The van der Waals surface area contributed by atoms with E-state index in [1.165, 1.54) is 35.1 Å². The van der Waals surface area contributed by atoms with E-state index in [2.05, 4.69) is 61.6 Å². The van der Waals surface area contributed by atoms with Gasteiger partial charge >= 0.3 is 0 Å². The molecule has 0 radical (unpaired) electrons. The second kappa shape index (κ2) is 5.18. The Bertz CT molecular complexity index is 586. The topological polar surface area (TPSA) is 12.0 Å². The minimum Gasteiger partial charge on any atom is -0.310 e. The molecule has 98 valence electrons. The van der Waals surface area contributed by atoms with Crippen molar-refractivity contribution >= 4 is 0 Å². The molecule has 0 heterocycles. The van der Waals surface area contributed by atoms with Crippen molar-refractivity contribution in [1.29, 1.82) is 0 Å². The lowest BCUT2D eigenvalue weighted by Crippen LogP contribution is -2.18. The van der Waals surface area contributed by atoms with E-state index in [4.69, 9.17) is 0 Å². The van der Waals surface area contributed by atoms with Crippen molar-refractivity contribution in [3.63, 3.8) is 0 Å². The standard InChI is InChI=1S/C18H21N/c1-3-19-18-11-10-16-15(8-5-9-17(16)18)14-7-4-6-13(2)12-14/h4-9,12,18-19H,3,10-11H2,1-2H3. The second-order valence-electron chi connectivity index (χ2n) is 5.39. The lowest BCUT2D eigenvalue weighted by molar-refractivity contribution is 0.549. The minimum absolute atomic E-state index is 0.546. The smallest absolute Gasteiger partial charge is 0.0326 e. The van der Waals surface area contributed by atoms with Gasteiger partial charge in [-0.05, 0) is 48.6 Å². The minimum atomic E-state index is 0.546. The second-order valence-corrected chi connectivity index (χ2v) is 5.39. The molecule has 1 unspecified atom stereocenters. The highest BCUT2D eigenvalue weighted by molar-refractivity contribution is 5.70. The quantitative estimate of drug-likeness (QED) is 0.859. The molecule has 0 aliphatic heterocycles. The van der Waals surface area contributed by atoms with Gasteiger partial charge in [0.2, 0.25) is 0 Å². The highest BCUT2D eigenvalue weighted by Crippen LogP contribution is 2.37. The van der Waals surface area contributed by atoms with E-state index < -0.39 is 0 Å². The molecule has 0 spiro atoms. The van der Waals surface area contributed by atoms with Crippen molar-refractivity contribution < 1.29 is 0 Å². The van der Waals surface area contributed by atoms with Crippen LogP contribution in [0, 0.1) is 6.92 Å². The predicted octanol–water partition coefficient (Wildman–Crippen LogP) is 4.26. The fraction of sp³-hybridized carbons (Fsp3) is 0.333. The van der Waals surface area contributed by atoms with Crippen molar-refractivity contribution in [3.8, 4) is 11.1 Å². The molecule has 0 saturated carbocycles. The largest absolute Gasteiger partial charge is 0.310 e. The van der Waals surface area contributed by atoms with Gasteiger partial charge in [0.1, 0.15) is 0 Å². The van der Waals surface area contributed by atoms with Crippen LogP contribution >= 0.6 is 0 Å². The van der Waals surface area contributed by atoms with Crippen LogP contribution in [0.15, 0.2) is 42.5 Å². The van der Waals surface area contributed by atoms with Crippen LogP contribution in [0.5, 0.6) is 0 Å². The zero-order valence-corrected chi connectivity index (χ0v) is 11.7. The number of hydrogen-bond acceptors (Lipinski definition) is 1. The predicted molar refractivity (Wildman–Crippen MR) is 81.4 cm³/mol. The third-order valence-corrected chi connectivity index (χ3v) is 4.05. The van der Waals surface area contributed by atoms with E-state index in [0.29, 0.717) is 6.04 Å². The zero-order chi connectivity index (χ0) is 13.2. The Morgan fingerprint density at radius 2 is 2.00 bits per heavy atom. The Balaban J connectivity index is 2.05.